The summed E-state index contributed by atoms with van der Waals surface area (Å²) in [5, 5.41) is 7.60. The van der Waals surface area contributed by atoms with Crippen molar-refractivity contribution < 1.29 is 4.74 Å². The van der Waals surface area contributed by atoms with Crippen molar-refractivity contribution in [2.24, 2.45) is 5.92 Å². The molecule has 0 aromatic rings. The second-order valence-corrected chi connectivity index (χ2v) is 6.53. The minimum atomic E-state index is 0.741. The number of piperidine rings is 1. The third kappa shape index (κ3) is 5.34. The maximum Gasteiger partial charge on any atom is 0.0478 e. The lowest BCUT2D eigenvalue weighted by Gasteiger charge is -2.40. The van der Waals surface area contributed by atoms with Crippen molar-refractivity contribution in [2.45, 2.75) is 76.8 Å². The third-order valence-electron chi connectivity index (χ3n) is 4.91. The highest BCUT2D eigenvalue weighted by Crippen LogP contribution is 2.30. The van der Waals surface area contributed by atoms with Crippen LogP contribution in [-0.4, -0.2) is 38.4 Å². The van der Waals surface area contributed by atoms with E-state index in [0.29, 0.717) is 0 Å². The van der Waals surface area contributed by atoms with Crippen molar-refractivity contribution in [2.75, 3.05) is 26.3 Å². The second-order valence-electron chi connectivity index (χ2n) is 6.53. The first-order valence-electron chi connectivity index (χ1n) is 8.96. The molecule has 2 fully saturated rings. The Morgan fingerprint density at radius 1 is 1.05 bits per heavy atom. The van der Waals surface area contributed by atoms with Gasteiger partial charge >= 0.3 is 0 Å². The van der Waals surface area contributed by atoms with Gasteiger partial charge in [0.25, 0.3) is 0 Å². The number of nitrogens with one attached hydrogen (secondary N) is 2. The van der Waals surface area contributed by atoms with E-state index in [2.05, 4.69) is 17.6 Å². The largest absolute Gasteiger partial charge is 0.381 e. The van der Waals surface area contributed by atoms with E-state index in [-0.39, 0.29) is 0 Å². The summed E-state index contributed by atoms with van der Waals surface area (Å²) in [6.07, 6.45) is 12.1. The maximum atomic E-state index is 5.56. The Labute approximate surface area is 125 Å². The summed E-state index contributed by atoms with van der Waals surface area (Å²) in [5.41, 5.74) is 0. The number of ether oxygens (including phenoxy) is 1. The van der Waals surface area contributed by atoms with Crippen LogP contribution in [0.1, 0.15) is 64.7 Å². The minimum Gasteiger partial charge on any atom is -0.381 e. The molecule has 1 heterocycles. The Balaban J connectivity index is 1.67. The van der Waals surface area contributed by atoms with Crippen LogP contribution in [-0.2, 0) is 4.74 Å². The molecule has 2 N–H and O–H groups in total. The van der Waals surface area contributed by atoms with Crippen LogP contribution in [0.5, 0.6) is 0 Å². The van der Waals surface area contributed by atoms with Crippen LogP contribution in [0.3, 0.4) is 0 Å². The van der Waals surface area contributed by atoms with Crippen molar-refractivity contribution in [1.29, 1.82) is 0 Å². The molecule has 0 spiro atoms. The molecule has 2 rings (SSSR count). The van der Waals surface area contributed by atoms with E-state index >= 15 is 0 Å². The van der Waals surface area contributed by atoms with Gasteiger partial charge in [-0.15, -0.1) is 0 Å². The van der Waals surface area contributed by atoms with E-state index in [1.807, 2.05) is 0 Å². The summed E-state index contributed by atoms with van der Waals surface area (Å²) in [7, 11) is 0. The van der Waals surface area contributed by atoms with E-state index in [9.17, 15) is 0 Å². The average molecular weight is 282 g/mol. The molecule has 3 unspecified atom stereocenters. The molecule has 0 amide bonds. The molecular formula is C17H34N2O. The number of rotatable bonds is 8. The Hall–Kier alpha value is -0.120. The topological polar surface area (TPSA) is 33.3 Å². The molecule has 20 heavy (non-hydrogen) atoms. The number of hydrogen-bond donors (Lipinski definition) is 2. The van der Waals surface area contributed by atoms with Crippen molar-refractivity contribution >= 4 is 0 Å². The van der Waals surface area contributed by atoms with Crippen LogP contribution in [0.15, 0.2) is 0 Å². The SMILES string of the molecule is CCCOCCCNC1CCCCC1C1CCCCN1. The van der Waals surface area contributed by atoms with E-state index in [1.165, 1.54) is 51.5 Å². The normalized spacial score (nSPS) is 31.4. The Morgan fingerprint density at radius 2 is 1.90 bits per heavy atom. The molecule has 0 bridgehead atoms. The van der Waals surface area contributed by atoms with Crippen LogP contribution in [0.2, 0.25) is 0 Å². The summed E-state index contributed by atoms with van der Waals surface area (Å²) in [4.78, 5) is 0. The molecule has 3 heteroatoms. The van der Waals surface area contributed by atoms with Crippen LogP contribution in [0.4, 0.5) is 0 Å². The molecule has 2 aliphatic rings. The van der Waals surface area contributed by atoms with Gasteiger partial charge in [0.05, 0.1) is 0 Å². The van der Waals surface area contributed by atoms with Gasteiger partial charge in [0.15, 0.2) is 0 Å². The fourth-order valence-electron chi connectivity index (χ4n) is 3.85. The molecule has 1 aliphatic carbocycles. The van der Waals surface area contributed by atoms with Crippen molar-refractivity contribution in [3.05, 3.63) is 0 Å². The quantitative estimate of drug-likeness (QED) is 0.671. The fraction of sp³-hybridized carbons (Fsp3) is 1.00. The highest BCUT2D eigenvalue weighted by atomic mass is 16.5. The Kier molecular flexibility index (Phi) is 7.92. The van der Waals surface area contributed by atoms with Gasteiger partial charge in [-0.25, -0.2) is 0 Å². The third-order valence-corrected chi connectivity index (χ3v) is 4.91. The molecule has 118 valence electrons. The summed E-state index contributed by atoms with van der Waals surface area (Å²) >= 11 is 0. The van der Waals surface area contributed by atoms with Gasteiger partial charge in [-0.05, 0) is 57.5 Å². The van der Waals surface area contributed by atoms with Crippen molar-refractivity contribution in [1.82, 2.24) is 10.6 Å². The lowest BCUT2D eigenvalue weighted by Crippen LogP contribution is -2.50. The number of hydrogen-bond acceptors (Lipinski definition) is 3. The lowest BCUT2D eigenvalue weighted by atomic mass is 9.77. The average Bonchev–Trinajstić information content (AvgIpc) is 2.52. The van der Waals surface area contributed by atoms with Gasteiger partial charge in [0, 0.05) is 25.3 Å². The maximum absolute atomic E-state index is 5.56. The molecule has 0 radical (unpaired) electrons. The summed E-state index contributed by atoms with van der Waals surface area (Å²) in [6, 6.07) is 1.52. The van der Waals surface area contributed by atoms with Gasteiger partial charge < -0.3 is 15.4 Å². The van der Waals surface area contributed by atoms with Crippen LogP contribution in [0.25, 0.3) is 0 Å². The van der Waals surface area contributed by atoms with E-state index in [1.54, 1.807) is 0 Å². The van der Waals surface area contributed by atoms with Gasteiger partial charge in [-0.1, -0.05) is 26.2 Å². The Bertz CT molecular complexity index is 241. The zero-order valence-electron chi connectivity index (χ0n) is 13.3. The zero-order valence-corrected chi connectivity index (χ0v) is 13.3. The standard InChI is InChI=1S/C17H34N2O/c1-2-13-20-14-7-12-19-16-9-4-3-8-15(16)17-10-5-6-11-18-17/h15-19H,2-14H2,1H3. The molecule has 1 saturated carbocycles. The first kappa shape index (κ1) is 16.3. The summed E-state index contributed by atoms with van der Waals surface area (Å²) in [6.45, 7) is 6.36. The second kappa shape index (κ2) is 9.75. The molecule has 0 aromatic heterocycles. The predicted octanol–water partition coefficient (Wildman–Crippen LogP) is 3.09. The Morgan fingerprint density at radius 3 is 2.70 bits per heavy atom. The molecule has 3 atom stereocenters. The molecule has 1 aliphatic heterocycles. The molecule has 1 saturated heterocycles. The summed E-state index contributed by atoms with van der Waals surface area (Å²) in [5.74, 6) is 0.862. The first-order valence-corrected chi connectivity index (χ1v) is 8.96. The smallest absolute Gasteiger partial charge is 0.0478 e. The predicted molar refractivity (Wildman–Crippen MR) is 85.1 cm³/mol. The highest BCUT2D eigenvalue weighted by molar-refractivity contribution is 4.90. The van der Waals surface area contributed by atoms with Crippen LogP contribution >= 0.6 is 0 Å². The first-order chi connectivity index (χ1) is 9.92. The van der Waals surface area contributed by atoms with Crippen LogP contribution < -0.4 is 10.6 Å². The minimum absolute atomic E-state index is 0.741. The zero-order chi connectivity index (χ0) is 14.0. The monoisotopic (exact) mass is 282 g/mol. The van der Waals surface area contributed by atoms with Gasteiger partial charge in [0.1, 0.15) is 0 Å². The van der Waals surface area contributed by atoms with Gasteiger partial charge in [0.2, 0.25) is 0 Å². The molecule has 0 aromatic carbocycles. The van der Waals surface area contributed by atoms with E-state index in [0.717, 1.165) is 50.6 Å². The van der Waals surface area contributed by atoms with Crippen molar-refractivity contribution in [3.63, 3.8) is 0 Å². The highest BCUT2D eigenvalue weighted by Gasteiger charge is 2.31. The van der Waals surface area contributed by atoms with Crippen molar-refractivity contribution in [3.8, 4) is 0 Å². The van der Waals surface area contributed by atoms with E-state index < -0.39 is 0 Å². The van der Waals surface area contributed by atoms with Gasteiger partial charge in [-0.2, -0.15) is 0 Å². The van der Waals surface area contributed by atoms with Crippen LogP contribution in [0, 0.1) is 5.92 Å². The molecular weight excluding hydrogens is 248 g/mol. The van der Waals surface area contributed by atoms with Gasteiger partial charge in [-0.3, -0.25) is 0 Å². The molecule has 3 nitrogen and oxygen atoms in total. The summed E-state index contributed by atoms with van der Waals surface area (Å²) < 4.78 is 5.56. The van der Waals surface area contributed by atoms with E-state index in [4.69, 9.17) is 4.74 Å². The fourth-order valence-corrected chi connectivity index (χ4v) is 3.85. The lowest BCUT2D eigenvalue weighted by molar-refractivity contribution is 0.127.